The number of amides is 2. The first kappa shape index (κ1) is 23.0. The number of para-hydroxylation sites is 1. The normalized spacial score (nSPS) is 14.8. The molecule has 3 aromatic rings. The molecule has 1 aliphatic heterocycles. The Morgan fingerprint density at radius 3 is 2.48 bits per heavy atom. The molecule has 0 atom stereocenters. The van der Waals surface area contributed by atoms with E-state index in [9.17, 15) is 9.59 Å². The van der Waals surface area contributed by atoms with Gasteiger partial charge in [-0.1, -0.05) is 67.9 Å². The lowest BCUT2D eigenvalue weighted by molar-refractivity contribution is -0.121. The van der Waals surface area contributed by atoms with Crippen molar-refractivity contribution in [2.75, 3.05) is 25.0 Å². The Bertz CT molecular complexity index is 1100. The van der Waals surface area contributed by atoms with Gasteiger partial charge < -0.3 is 10.6 Å². The maximum absolute atomic E-state index is 13.0. The summed E-state index contributed by atoms with van der Waals surface area (Å²) in [7, 11) is 0. The summed E-state index contributed by atoms with van der Waals surface area (Å²) in [6, 6.07) is 22.2. The second-order valence-electron chi connectivity index (χ2n) is 8.83. The minimum atomic E-state index is -0.135. The fourth-order valence-electron chi connectivity index (χ4n) is 4.52. The number of hydrogen-bond acceptors (Lipinski definition) is 3. The van der Waals surface area contributed by atoms with E-state index in [1.807, 2.05) is 18.2 Å². The van der Waals surface area contributed by atoms with E-state index in [2.05, 4.69) is 64.9 Å². The van der Waals surface area contributed by atoms with Crippen LogP contribution in [0, 0.1) is 5.92 Å². The molecule has 2 N–H and O–H groups in total. The lowest BCUT2D eigenvalue weighted by Crippen LogP contribution is -2.38. The Balaban J connectivity index is 1.33. The van der Waals surface area contributed by atoms with E-state index in [1.54, 1.807) is 6.07 Å². The van der Waals surface area contributed by atoms with E-state index in [4.69, 9.17) is 0 Å². The second kappa shape index (κ2) is 11.1. The topological polar surface area (TPSA) is 61.4 Å². The number of nitrogens with zero attached hydrogens (tertiary/aromatic N) is 1. The zero-order chi connectivity index (χ0) is 23.0. The number of likely N-dealkylation sites (tertiary alicyclic amines) is 1. The van der Waals surface area contributed by atoms with Gasteiger partial charge in [-0.15, -0.1) is 0 Å². The number of anilines is 1. The van der Waals surface area contributed by atoms with E-state index in [0.29, 0.717) is 17.8 Å². The third-order valence-corrected chi connectivity index (χ3v) is 6.48. The summed E-state index contributed by atoms with van der Waals surface area (Å²) >= 11 is 0. The quantitative estimate of drug-likeness (QED) is 0.469. The fourth-order valence-corrected chi connectivity index (χ4v) is 4.52. The van der Waals surface area contributed by atoms with Gasteiger partial charge in [-0.2, -0.15) is 0 Å². The van der Waals surface area contributed by atoms with Crippen molar-refractivity contribution in [2.24, 2.45) is 5.92 Å². The lowest BCUT2D eigenvalue weighted by atomic mass is 9.94. The Labute approximate surface area is 196 Å². The van der Waals surface area contributed by atoms with Crippen LogP contribution in [0.25, 0.3) is 10.8 Å². The van der Waals surface area contributed by atoms with Gasteiger partial charge in [-0.25, -0.2) is 0 Å². The summed E-state index contributed by atoms with van der Waals surface area (Å²) in [6.07, 6.45) is 3.61. The first-order chi connectivity index (χ1) is 16.2. The third-order valence-electron chi connectivity index (χ3n) is 6.48. The minimum Gasteiger partial charge on any atom is -0.352 e. The van der Waals surface area contributed by atoms with Gasteiger partial charge >= 0.3 is 0 Å². The summed E-state index contributed by atoms with van der Waals surface area (Å²) in [5.41, 5.74) is 2.45. The second-order valence-corrected chi connectivity index (χ2v) is 8.83. The number of nitrogens with one attached hydrogen (secondary N) is 2. The van der Waals surface area contributed by atoms with Crippen molar-refractivity contribution < 1.29 is 9.59 Å². The molecule has 0 radical (unpaired) electrons. The number of fused-ring (bicyclic) bond motifs is 1. The molecule has 1 aliphatic rings. The smallest absolute Gasteiger partial charge is 0.253 e. The van der Waals surface area contributed by atoms with Gasteiger partial charge in [0, 0.05) is 19.0 Å². The van der Waals surface area contributed by atoms with Crippen molar-refractivity contribution in [3.8, 4) is 0 Å². The average Bonchev–Trinajstić information content (AvgIpc) is 2.85. The van der Waals surface area contributed by atoms with E-state index in [0.717, 1.165) is 45.3 Å². The molecule has 0 saturated carbocycles. The van der Waals surface area contributed by atoms with Crippen LogP contribution in [0.2, 0.25) is 0 Å². The van der Waals surface area contributed by atoms with Crippen molar-refractivity contribution >= 4 is 28.3 Å². The monoisotopic (exact) mass is 443 g/mol. The molecule has 172 valence electrons. The Kier molecular flexibility index (Phi) is 7.74. The molecule has 5 heteroatoms. The van der Waals surface area contributed by atoms with Gasteiger partial charge in [0.05, 0.1) is 11.3 Å². The van der Waals surface area contributed by atoms with Crippen LogP contribution in [0.5, 0.6) is 0 Å². The first-order valence-electron chi connectivity index (χ1n) is 12.0. The van der Waals surface area contributed by atoms with Gasteiger partial charge in [-0.3, -0.25) is 14.5 Å². The van der Waals surface area contributed by atoms with Crippen LogP contribution in [0.3, 0.4) is 0 Å². The number of unbranched alkanes of at least 4 members (excludes halogenated alkanes) is 1. The minimum absolute atomic E-state index is 0.00798. The van der Waals surface area contributed by atoms with Crippen LogP contribution in [0.4, 0.5) is 5.69 Å². The highest BCUT2D eigenvalue weighted by atomic mass is 16.2. The summed E-state index contributed by atoms with van der Waals surface area (Å²) in [4.78, 5) is 28.0. The zero-order valence-electron chi connectivity index (χ0n) is 19.3. The van der Waals surface area contributed by atoms with Crippen LogP contribution in [0.1, 0.15) is 48.5 Å². The number of piperidine rings is 1. The summed E-state index contributed by atoms with van der Waals surface area (Å²) in [5, 5.41) is 8.52. The number of hydrogen-bond donors (Lipinski definition) is 2. The molecule has 3 aromatic carbocycles. The molecule has 1 fully saturated rings. The SMILES string of the molecule is CCCCNC(=O)c1ccccc1NC(=O)C1CCN(Cc2cccc3ccccc23)CC1. The standard InChI is InChI=1S/C28H33N3O2/c1-2-3-17-29-28(33)25-13-6-7-14-26(25)30-27(32)22-15-18-31(19-16-22)20-23-11-8-10-21-9-4-5-12-24(21)23/h4-14,22H,2-3,15-20H2,1H3,(H,29,33)(H,30,32). The summed E-state index contributed by atoms with van der Waals surface area (Å²) < 4.78 is 0. The van der Waals surface area contributed by atoms with Crippen LogP contribution >= 0.6 is 0 Å². The Hall–Kier alpha value is -3.18. The van der Waals surface area contributed by atoms with Crippen LogP contribution in [-0.4, -0.2) is 36.3 Å². The van der Waals surface area contributed by atoms with Gasteiger partial charge in [0.2, 0.25) is 5.91 Å². The van der Waals surface area contributed by atoms with Gasteiger partial charge in [0.15, 0.2) is 0 Å². The number of carbonyl (C=O) groups excluding carboxylic acids is 2. The van der Waals surface area contributed by atoms with Crippen molar-refractivity contribution in [3.05, 3.63) is 77.9 Å². The fraction of sp³-hybridized carbons (Fsp3) is 0.357. The predicted molar refractivity (Wildman–Crippen MR) is 134 cm³/mol. The molecule has 0 aliphatic carbocycles. The molecular weight excluding hydrogens is 410 g/mol. The number of benzene rings is 3. The highest BCUT2D eigenvalue weighted by Crippen LogP contribution is 2.25. The maximum Gasteiger partial charge on any atom is 0.253 e. The molecule has 5 nitrogen and oxygen atoms in total. The molecule has 0 unspecified atom stereocenters. The van der Waals surface area contributed by atoms with Crippen molar-refractivity contribution in [3.63, 3.8) is 0 Å². The molecule has 0 spiro atoms. The van der Waals surface area contributed by atoms with Crippen LogP contribution < -0.4 is 10.6 Å². The number of carbonyl (C=O) groups is 2. The van der Waals surface area contributed by atoms with E-state index in [-0.39, 0.29) is 17.7 Å². The average molecular weight is 444 g/mol. The van der Waals surface area contributed by atoms with Gasteiger partial charge in [0.25, 0.3) is 5.91 Å². The molecule has 0 bridgehead atoms. The van der Waals surface area contributed by atoms with E-state index in [1.165, 1.54) is 16.3 Å². The molecule has 1 heterocycles. The third kappa shape index (κ3) is 5.79. The molecular formula is C28H33N3O2. The molecule has 4 rings (SSSR count). The van der Waals surface area contributed by atoms with E-state index < -0.39 is 0 Å². The van der Waals surface area contributed by atoms with Gasteiger partial charge in [-0.05, 0) is 60.8 Å². The lowest BCUT2D eigenvalue weighted by Gasteiger charge is -2.31. The predicted octanol–water partition coefficient (Wildman–Crippen LogP) is 5.22. The molecule has 2 amide bonds. The van der Waals surface area contributed by atoms with Crippen molar-refractivity contribution in [1.29, 1.82) is 0 Å². The molecule has 1 saturated heterocycles. The number of rotatable bonds is 8. The maximum atomic E-state index is 13.0. The highest BCUT2D eigenvalue weighted by Gasteiger charge is 2.26. The Morgan fingerprint density at radius 1 is 0.939 bits per heavy atom. The first-order valence-corrected chi connectivity index (χ1v) is 12.0. The Morgan fingerprint density at radius 2 is 1.67 bits per heavy atom. The van der Waals surface area contributed by atoms with Crippen LogP contribution in [-0.2, 0) is 11.3 Å². The van der Waals surface area contributed by atoms with Crippen molar-refractivity contribution in [1.82, 2.24) is 10.2 Å². The molecule has 33 heavy (non-hydrogen) atoms. The highest BCUT2D eigenvalue weighted by molar-refractivity contribution is 6.04. The van der Waals surface area contributed by atoms with Gasteiger partial charge in [0.1, 0.15) is 0 Å². The zero-order valence-corrected chi connectivity index (χ0v) is 19.3. The van der Waals surface area contributed by atoms with Crippen LogP contribution in [0.15, 0.2) is 66.7 Å². The summed E-state index contributed by atoms with van der Waals surface area (Å²) in [5.74, 6) is -0.164. The van der Waals surface area contributed by atoms with Crippen molar-refractivity contribution in [2.45, 2.75) is 39.2 Å². The summed E-state index contributed by atoms with van der Waals surface area (Å²) in [6.45, 7) is 5.41. The molecule has 0 aromatic heterocycles. The van der Waals surface area contributed by atoms with E-state index >= 15 is 0 Å². The largest absolute Gasteiger partial charge is 0.352 e.